The molecule has 0 aliphatic heterocycles. The van der Waals surface area contributed by atoms with Crippen molar-refractivity contribution in [2.24, 2.45) is 0 Å². The molecule has 4 aromatic rings. The second-order valence-electron chi connectivity index (χ2n) is 7.26. The molecule has 0 aliphatic rings. The molecular weight excluding hydrogens is 432 g/mol. The van der Waals surface area contributed by atoms with Gasteiger partial charge in [0.15, 0.2) is 0 Å². The molecule has 2 aromatic carbocycles. The molecule has 0 unspecified atom stereocenters. The first kappa shape index (κ1) is 21.4. The molecule has 9 nitrogen and oxygen atoms in total. The van der Waals surface area contributed by atoms with Crippen LogP contribution in [0.25, 0.3) is 5.78 Å². The number of amides is 2. The minimum atomic E-state index is -0.467. The topological polar surface area (TPSA) is 103 Å². The molecule has 2 amide bonds. The fourth-order valence-electron chi connectivity index (χ4n) is 3.10. The maximum absolute atomic E-state index is 12.5. The molecule has 0 spiro atoms. The van der Waals surface area contributed by atoms with Crippen molar-refractivity contribution >= 4 is 34.8 Å². The predicted octanol–water partition coefficient (Wildman–Crippen LogP) is 4.35. The van der Waals surface area contributed by atoms with Gasteiger partial charge in [-0.05, 0) is 38.1 Å². The monoisotopic (exact) mass is 452 g/mol. The molecule has 32 heavy (non-hydrogen) atoms. The van der Waals surface area contributed by atoms with E-state index in [4.69, 9.17) is 16.3 Å². The van der Waals surface area contributed by atoms with E-state index in [0.717, 1.165) is 0 Å². The van der Waals surface area contributed by atoms with Gasteiger partial charge in [-0.15, -0.1) is 0 Å². The van der Waals surface area contributed by atoms with Crippen LogP contribution in [-0.2, 0) is 6.61 Å². The summed E-state index contributed by atoms with van der Waals surface area (Å²) < 4.78 is 8.98. The number of ether oxygens (including phenoxy) is 1. The van der Waals surface area contributed by atoms with E-state index in [2.05, 4.69) is 20.6 Å². The number of rotatable bonds is 6. The number of hydrogen-bond donors (Lipinski definition) is 2. The fourth-order valence-corrected chi connectivity index (χ4v) is 3.28. The van der Waals surface area contributed by atoms with Crippen LogP contribution in [0.5, 0.6) is 5.75 Å². The highest BCUT2D eigenvalue weighted by molar-refractivity contribution is 6.33. The van der Waals surface area contributed by atoms with Crippen LogP contribution in [0.1, 0.15) is 25.6 Å². The number of hydrogen-bond acceptors (Lipinski definition) is 5. The van der Waals surface area contributed by atoms with Gasteiger partial charge in [0.2, 0.25) is 0 Å². The van der Waals surface area contributed by atoms with E-state index in [1.807, 2.05) is 13.8 Å². The largest absolute Gasteiger partial charge is 0.485 e. The van der Waals surface area contributed by atoms with Crippen LogP contribution < -0.4 is 20.9 Å². The Morgan fingerprint density at radius 3 is 2.53 bits per heavy atom. The lowest BCUT2D eigenvalue weighted by atomic mass is 10.3. The third-order valence-electron chi connectivity index (χ3n) is 4.62. The number of urea groups is 1. The molecule has 0 fully saturated rings. The van der Waals surface area contributed by atoms with Gasteiger partial charge in [-0.1, -0.05) is 35.9 Å². The number of anilines is 2. The zero-order chi connectivity index (χ0) is 22.7. The van der Waals surface area contributed by atoms with Gasteiger partial charge in [-0.2, -0.15) is 9.50 Å². The molecule has 0 aliphatic carbocycles. The van der Waals surface area contributed by atoms with E-state index < -0.39 is 6.03 Å². The van der Waals surface area contributed by atoms with Gasteiger partial charge >= 0.3 is 6.03 Å². The number of nitrogens with zero attached hydrogens (tertiary/aromatic N) is 4. The zero-order valence-corrected chi connectivity index (χ0v) is 18.2. The minimum Gasteiger partial charge on any atom is -0.485 e. The minimum absolute atomic E-state index is 0.0328. The molecule has 0 bridgehead atoms. The highest BCUT2D eigenvalue weighted by atomic mass is 35.5. The van der Waals surface area contributed by atoms with E-state index in [9.17, 15) is 9.59 Å². The second-order valence-corrected chi connectivity index (χ2v) is 7.67. The maximum Gasteiger partial charge on any atom is 0.323 e. The summed E-state index contributed by atoms with van der Waals surface area (Å²) >= 11 is 6.09. The Morgan fingerprint density at radius 2 is 1.78 bits per heavy atom. The summed E-state index contributed by atoms with van der Waals surface area (Å²) in [5.41, 5.74) is 1.13. The summed E-state index contributed by atoms with van der Waals surface area (Å²) in [5.74, 6) is 0.729. The van der Waals surface area contributed by atoms with Crippen LogP contribution >= 0.6 is 11.6 Å². The maximum atomic E-state index is 12.5. The van der Waals surface area contributed by atoms with Crippen molar-refractivity contribution in [3.05, 3.63) is 82.0 Å². The van der Waals surface area contributed by atoms with Crippen molar-refractivity contribution in [2.75, 3.05) is 10.6 Å². The van der Waals surface area contributed by atoms with Gasteiger partial charge < -0.3 is 15.4 Å². The first-order chi connectivity index (χ1) is 15.4. The number of aromatic nitrogens is 4. The number of halogens is 1. The highest BCUT2D eigenvalue weighted by Crippen LogP contribution is 2.26. The van der Waals surface area contributed by atoms with Gasteiger partial charge in [0, 0.05) is 12.1 Å². The van der Waals surface area contributed by atoms with Crippen LogP contribution in [0.2, 0.25) is 5.02 Å². The number of benzene rings is 2. The lowest BCUT2D eigenvalue weighted by Crippen LogP contribution is -2.23. The zero-order valence-electron chi connectivity index (χ0n) is 17.4. The van der Waals surface area contributed by atoms with Crippen LogP contribution in [0.15, 0.2) is 65.7 Å². The summed E-state index contributed by atoms with van der Waals surface area (Å²) in [6.07, 6.45) is 1.58. The Kier molecular flexibility index (Phi) is 6.09. The van der Waals surface area contributed by atoms with Gasteiger partial charge in [-0.3, -0.25) is 9.48 Å². The van der Waals surface area contributed by atoms with Gasteiger partial charge in [0.25, 0.3) is 11.3 Å². The number of carbonyl (C=O) groups is 1. The van der Waals surface area contributed by atoms with Gasteiger partial charge in [0.1, 0.15) is 18.7 Å². The molecule has 164 valence electrons. The van der Waals surface area contributed by atoms with Crippen LogP contribution in [0.4, 0.5) is 16.2 Å². The fraction of sp³-hybridized carbons (Fsp3) is 0.182. The van der Waals surface area contributed by atoms with Gasteiger partial charge in [-0.25, -0.2) is 9.78 Å². The molecular formula is C22H21ClN6O3. The molecule has 0 saturated heterocycles. The summed E-state index contributed by atoms with van der Waals surface area (Å²) in [4.78, 5) is 33.6. The normalized spacial score (nSPS) is 11.0. The van der Waals surface area contributed by atoms with Crippen molar-refractivity contribution in [1.82, 2.24) is 19.2 Å². The van der Waals surface area contributed by atoms with E-state index in [0.29, 0.717) is 33.6 Å². The summed E-state index contributed by atoms with van der Waals surface area (Å²) in [7, 11) is 0. The first-order valence-corrected chi connectivity index (χ1v) is 10.3. The van der Waals surface area contributed by atoms with Crippen molar-refractivity contribution in [1.29, 1.82) is 0 Å². The number of para-hydroxylation sites is 3. The molecule has 10 heteroatoms. The quantitative estimate of drug-likeness (QED) is 0.452. The Bertz CT molecular complexity index is 1330. The Labute approximate surface area is 188 Å². The van der Waals surface area contributed by atoms with Gasteiger partial charge in [0.05, 0.1) is 22.1 Å². The summed E-state index contributed by atoms with van der Waals surface area (Å²) in [6, 6.07) is 14.9. The number of fused-ring (bicyclic) bond motifs is 1. The molecule has 4 rings (SSSR count). The number of nitrogens with one attached hydrogen (secondary N) is 2. The average Bonchev–Trinajstić information content (AvgIpc) is 3.20. The molecule has 2 heterocycles. The van der Waals surface area contributed by atoms with Crippen molar-refractivity contribution in [3.63, 3.8) is 0 Å². The lowest BCUT2D eigenvalue weighted by molar-refractivity contribution is 0.261. The SMILES string of the molecule is CC(C)n1cnc2nc(COc3ccccc3NC(=O)Nc3ccccc3Cl)cc(=O)n21. The van der Waals surface area contributed by atoms with Crippen molar-refractivity contribution < 1.29 is 9.53 Å². The lowest BCUT2D eigenvalue weighted by Gasteiger charge is -2.13. The molecule has 0 atom stereocenters. The smallest absolute Gasteiger partial charge is 0.323 e. The number of carbonyl (C=O) groups excluding carboxylic acids is 1. The molecule has 0 radical (unpaired) electrons. The average molecular weight is 453 g/mol. The predicted molar refractivity (Wildman–Crippen MR) is 122 cm³/mol. The summed E-state index contributed by atoms with van der Waals surface area (Å²) in [6.45, 7) is 3.94. The van der Waals surface area contributed by atoms with E-state index in [1.165, 1.54) is 10.6 Å². The third kappa shape index (κ3) is 4.57. The van der Waals surface area contributed by atoms with E-state index in [-0.39, 0.29) is 18.2 Å². The highest BCUT2D eigenvalue weighted by Gasteiger charge is 2.12. The first-order valence-electron chi connectivity index (χ1n) is 9.92. The van der Waals surface area contributed by atoms with Crippen molar-refractivity contribution in [3.8, 4) is 5.75 Å². The third-order valence-corrected chi connectivity index (χ3v) is 4.95. The standard InChI is InChI=1S/C22H21ClN6O3/c1-14(2)28-13-24-21-25-15(11-20(30)29(21)28)12-32-19-10-6-5-9-18(19)27-22(31)26-17-8-4-3-7-16(17)23/h3-11,13-14H,12H2,1-2H3,(H2,26,27,31). The molecule has 2 aromatic heterocycles. The summed E-state index contributed by atoms with van der Waals surface area (Å²) in [5, 5.41) is 5.87. The molecule has 0 saturated carbocycles. The Morgan fingerprint density at radius 1 is 1.09 bits per heavy atom. The van der Waals surface area contributed by atoms with Crippen LogP contribution in [0.3, 0.4) is 0 Å². The van der Waals surface area contributed by atoms with E-state index in [1.54, 1.807) is 59.5 Å². The van der Waals surface area contributed by atoms with Crippen molar-refractivity contribution in [2.45, 2.75) is 26.5 Å². The van der Waals surface area contributed by atoms with Crippen LogP contribution in [-0.4, -0.2) is 25.2 Å². The van der Waals surface area contributed by atoms with E-state index >= 15 is 0 Å². The Hall–Kier alpha value is -3.85. The Balaban J connectivity index is 1.48. The molecule has 2 N–H and O–H groups in total. The van der Waals surface area contributed by atoms with Crippen LogP contribution in [0, 0.1) is 0 Å². The second kappa shape index (κ2) is 9.11.